The molecule has 1 aliphatic heterocycles. The van der Waals surface area contributed by atoms with Crippen LogP contribution in [0.15, 0.2) is 54.6 Å². The van der Waals surface area contributed by atoms with Crippen molar-refractivity contribution in [1.29, 1.82) is 0 Å². The average molecular weight is 368 g/mol. The first kappa shape index (κ1) is 19.9. The maximum atomic E-state index is 11.2. The van der Waals surface area contributed by atoms with Gasteiger partial charge in [-0.05, 0) is 55.6 Å². The minimum absolute atomic E-state index is 0.0839. The lowest BCUT2D eigenvalue weighted by Crippen LogP contribution is -2.29. The van der Waals surface area contributed by atoms with Crippen LogP contribution in [0.1, 0.15) is 62.2 Å². The fourth-order valence-electron chi connectivity index (χ4n) is 3.87. The van der Waals surface area contributed by atoms with Gasteiger partial charge in [0.25, 0.3) is 0 Å². The molecule has 2 atom stereocenters. The lowest BCUT2D eigenvalue weighted by atomic mass is 9.88. The third-order valence-corrected chi connectivity index (χ3v) is 5.50. The summed E-state index contributed by atoms with van der Waals surface area (Å²) in [6.45, 7) is 6.14. The summed E-state index contributed by atoms with van der Waals surface area (Å²) in [5, 5.41) is 11.2. The molecule has 0 bridgehead atoms. The van der Waals surface area contributed by atoms with E-state index in [-0.39, 0.29) is 5.92 Å². The molecule has 146 valence electrons. The highest BCUT2D eigenvalue weighted by Crippen LogP contribution is 2.33. The van der Waals surface area contributed by atoms with E-state index in [2.05, 4.69) is 36.1 Å². The molecule has 0 aromatic heterocycles. The summed E-state index contributed by atoms with van der Waals surface area (Å²) >= 11 is 0. The Balaban J connectivity index is 1.68. The second-order valence-electron chi connectivity index (χ2n) is 7.59. The topological polar surface area (TPSA) is 32.7 Å². The Hall–Kier alpha value is -1.84. The van der Waals surface area contributed by atoms with Gasteiger partial charge in [0.15, 0.2) is 0 Å². The molecule has 1 fully saturated rings. The van der Waals surface area contributed by atoms with Crippen LogP contribution in [0.3, 0.4) is 0 Å². The van der Waals surface area contributed by atoms with Crippen LogP contribution in [0.4, 0.5) is 0 Å². The van der Waals surface area contributed by atoms with Crippen molar-refractivity contribution in [3.05, 3.63) is 65.7 Å². The van der Waals surface area contributed by atoms with Crippen molar-refractivity contribution in [2.24, 2.45) is 0 Å². The predicted octanol–water partition coefficient (Wildman–Crippen LogP) is 5.17. The number of aliphatic hydroxyl groups excluding tert-OH is 1. The van der Waals surface area contributed by atoms with Crippen LogP contribution in [0.2, 0.25) is 0 Å². The molecule has 3 heteroatoms. The van der Waals surface area contributed by atoms with E-state index in [1.807, 2.05) is 30.3 Å². The summed E-state index contributed by atoms with van der Waals surface area (Å²) in [5.74, 6) is 0.971. The largest absolute Gasteiger partial charge is 0.494 e. The highest BCUT2D eigenvalue weighted by atomic mass is 16.5. The Kier molecular flexibility index (Phi) is 7.73. The van der Waals surface area contributed by atoms with E-state index < -0.39 is 6.10 Å². The van der Waals surface area contributed by atoms with E-state index in [9.17, 15) is 5.11 Å². The molecule has 2 aromatic carbocycles. The number of rotatable bonds is 10. The van der Waals surface area contributed by atoms with E-state index in [0.29, 0.717) is 0 Å². The molecular formula is C24H33NO2. The molecule has 0 spiro atoms. The standard InChI is InChI=1S/C24H33NO2/c1-2-3-9-18-27-22-14-12-21(13-15-22)24(26)23(19-25-16-7-8-17-25)20-10-5-4-6-11-20/h4-6,10-15,23-24,26H,2-3,7-9,16-19H2,1H3. The minimum Gasteiger partial charge on any atom is -0.494 e. The Morgan fingerprint density at radius 3 is 2.30 bits per heavy atom. The van der Waals surface area contributed by atoms with Gasteiger partial charge in [0.05, 0.1) is 12.7 Å². The van der Waals surface area contributed by atoms with Crippen LogP contribution >= 0.6 is 0 Å². The molecule has 3 rings (SSSR count). The molecule has 1 heterocycles. The quantitative estimate of drug-likeness (QED) is 0.588. The molecule has 1 saturated heterocycles. The van der Waals surface area contributed by atoms with Gasteiger partial charge in [-0.25, -0.2) is 0 Å². The third kappa shape index (κ3) is 5.82. The Labute approximate surface area is 164 Å². The summed E-state index contributed by atoms with van der Waals surface area (Å²) in [6.07, 6.45) is 5.51. The number of likely N-dealkylation sites (tertiary alicyclic amines) is 1. The molecule has 1 N–H and O–H groups in total. The third-order valence-electron chi connectivity index (χ3n) is 5.50. The van der Waals surface area contributed by atoms with E-state index in [0.717, 1.165) is 44.0 Å². The molecule has 1 aliphatic rings. The van der Waals surface area contributed by atoms with Gasteiger partial charge < -0.3 is 14.7 Å². The fourth-order valence-corrected chi connectivity index (χ4v) is 3.87. The Bertz CT molecular complexity index is 650. The van der Waals surface area contributed by atoms with Crippen molar-refractivity contribution >= 4 is 0 Å². The summed E-state index contributed by atoms with van der Waals surface area (Å²) in [5.41, 5.74) is 2.17. The highest BCUT2D eigenvalue weighted by Gasteiger charge is 2.26. The molecule has 2 unspecified atom stereocenters. The molecule has 3 nitrogen and oxygen atoms in total. The fraction of sp³-hybridized carbons (Fsp3) is 0.500. The second-order valence-corrected chi connectivity index (χ2v) is 7.59. The van der Waals surface area contributed by atoms with Gasteiger partial charge in [0, 0.05) is 12.5 Å². The van der Waals surface area contributed by atoms with Gasteiger partial charge >= 0.3 is 0 Å². The van der Waals surface area contributed by atoms with Gasteiger partial charge in [-0.1, -0.05) is 62.2 Å². The first-order chi connectivity index (χ1) is 13.3. The Morgan fingerprint density at radius 1 is 0.926 bits per heavy atom. The lowest BCUT2D eigenvalue weighted by Gasteiger charge is -2.28. The number of unbranched alkanes of at least 4 members (excludes halogenated alkanes) is 2. The number of nitrogens with zero attached hydrogens (tertiary/aromatic N) is 1. The molecule has 0 radical (unpaired) electrons. The molecular weight excluding hydrogens is 334 g/mol. The monoisotopic (exact) mass is 367 g/mol. The molecule has 0 amide bonds. The zero-order valence-corrected chi connectivity index (χ0v) is 16.5. The van der Waals surface area contributed by atoms with Gasteiger partial charge in [-0.15, -0.1) is 0 Å². The Morgan fingerprint density at radius 2 is 1.63 bits per heavy atom. The van der Waals surface area contributed by atoms with Gasteiger partial charge in [0.1, 0.15) is 5.75 Å². The number of aliphatic hydroxyl groups is 1. The number of hydrogen-bond acceptors (Lipinski definition) is 3. The van der Waals surface area contributed by atoms with Gasteiger partial charge in [-0.2, -0.15) is 0 Å². The van der Waals surface area contributed by atoms with Crippen molar-refractivity contribution in [3.8, 4) is 5.75 Å². The van der Waals surface area contributed by atoms with E-state index in [1.165, 1.54) is 31.2 Å². The minimum atomic E-state index is -0.512. The maximum absolute atomic E-state index is 11.2. The molecule has 27 heavy (non-hydrogen) atoms. The van der Waals surface area contributed by atoms with E-state index in [1.54, 1.807) is 0 Å². The summed E-state index contributed by atoms with van der Waals surface area (Å²) in [4.78, 5) is 2.48. The summed E-state index contributed by atoms with van der Waals surface area (Å²) < 4.78 is 5.81. The SMILES string of the molecule is CCCCCOc1ccc(C(O)C(CN2CCCC2)c2ccccc2)cc1. The van der Waals surface area contributed by atoms with Crippen molar-refractivity contribution < 1.29 is 9.84 Å². The first-order valence-corrected chi connectivity index (χ1v) is 10.5. The van der Waals surface area contributed by atoms with Crippen LogP contribution in [-0.4, -0.2) is 36.2 Å². The number of ether oxygens (including phenoxy) is 1. The van der Waals surface area contributed by atoms with Crippen LogP contribution in [0, 0.1) is 0 Å². The van der Waals surface area contributed by atoms with Crippen molar-refractivity contribution in [2.45, 2.75) is 51.0 Å². The second kappa shape index (κ2) is 10.5. The first-order valence-electron chi connectivity index (χ1n) is 10.5. The summed E-state index contributed by atoms with van der Waals surface area (Å²) in [7, 11) is 0. The normalized spacial score (nSPS) is 17.0. The predicted molar refractivity (Wildman–Crippen MR) is 111 cm³/mol. The zero-order valence-electron chi connectivity index (χ0n) is 16.5. The van der Waals surface area contributed by atoms with Crippen LogP contribution < -0.4 is 4.74 Å². The maximum Gasteiger partial charge on any atom is 0.119 e. The van der Waals surface area contributed by atoms with Crippen LogP contribution in [0.5, 0.6) is 5.75 Å². The van der Waals surface area contributed by atoms with Crippen LogP contribution in [-0.2, 0) is 0 Å². The van der Waals surface area contributed by atoms with E-state index in [4.69, 9.17) is 4.74 Å². The van der Waals surface area contributed by atoms with E-state index >= 15 is 0 Å². The van der Waals surface area contributed by atoms with Crippen molar-refractivity contribution in [1.82, 2.24) is 4.90 Å². The zero-order chi connectivity index (χ0) is 18.9. The van der Waals surface area contributed by atoms with Gasteiger partial charge in [-0.3, -0.25) is 0 Å². The number of benzene rings is 2. The highest BCUT2D eigenvalue weighted by molar-refractivity contribution is 5.32. The molecule has 2 aromatic rings. The van der Waals surface area contributed by atoms with Crippen molar-refractivity contribution in [3.63, 3.8) is 0 Å². The molecule has 0 aliphatic carbocycles. The molecule has 0 saturated carbocycles. The smallest absolute Gasteiger partial charge is 0.119 e. The van der Waals surface area contributed by atoms with Gasteiger partial charge in [0.2, 0.25) is 0 Å². The lowest BCUT2D eigenvalue weighted by molar-refractivity contribution is 0.123. The van der Waals surface area contributed by atoms with Crippen molar-refractivity contribution in [2.75, 3.05) is 26.2 Å². The van der Waals surface area contributed by atoms with Crippen LogP contribution in [0.25, 0.3) is 0 Å². The number of hydrogen-bond donors (Lipinski definition) is 1. The summed E-state index contributed by atoms with van der Waals surface area (Å²) in [6, 6.07) is 18.4. The average Bonchev–Trinajstić information content (AvgIpc) is 3.23.